The van der Waals surface area contributed by atoms with Crippen LogP contribution in [0.4, 0.5) is 17.5 Å². The van der Waals surface area contributed by atoms with Gasteiger partial charge in [0.15, 0.2) is 5.82 Å². The van der Waals surface area contributed by atoms with E-state index in [4.69, 9.17) is 9.97 Å². The average Bonchev–Trinajstić information content (AvgIpc) is 3.22. The topological polar surface area (TPSA) is 56.3 Å². The molecule has 1 aromatic rings. The Morgan fingerprint density at radius 1 is 0.893 bits per heavy atom. The van der Waals surface area contributed by atoms with Crippen molar-refractivity contribution in [2.45, 2.75) is 56.9 Å². The minimum Gasteiger partial charge on any atom is -0.365 e. The molecule has 6 fully saturated rings. The average molecular weight is 383 g/mol. The van der Waals surface area contributed by atoms with Crippen LogP contribution in [0.5, 0.6) is 0 Å². The fourth-order valence-corrected chi connectivity index (χ4v) is 7.18. The van der Waals surface area contributed by atoms with E-state index in [9.17, 15) is 0 Å². The SMILES string of the molecule is c1nc(N2CCCC2)nc(NC23CC4CC(CC(C4)C2)C3)c1N1CCNCC1. The smallest absolute Gasteiger partial charge is 0.227 e. The zero-order valence-corrected chi connectivity index (χ0v) is 17.0. The van der Waals surface area contributed by atoms with Gasteiger partial charge in [-0.15, -0.1) is 0 Å². The second-order valence-electron chi connectivity index (χ2n) is 10.2. The maximum atomic E-state index is 5.15. The van der Waals surface area contributed by atoms with E-state index in [0.29, 0.717) is 0 Å². The Labute approximate surface area is 168 Å². The third kappa shape index (κ3) is 3.04. The first-order valence-electron chi connectivity index (χ1n) is 11.6. The largest absolute Gasteiger partial charge is 0.365 e. The summed E-state index contributed by atoms with van der Waals surface area (Å²) in [6.07, 6.45) is 13.1. The highest BCUT2D eigenvalue weighted by Crippen LogP contribution is 2.56. The molecule has 152 valence electrons. The van der Waals surface area contributed by atoms with E-state index >= 15 is 0 Å². The summed E-state index contributed by atoms with van der Waals surface area (Å²) in [6.45, 7) is 6.38. The summed E-state index contributed by atoms with van der Waals surface area (Å²) in [5.74, 6) is 4.88. The number of hydrogen-bond acceptors (Lipinski definition) is 6. The molecule has 0 spiro atoms. The molecule has 2 aliphatic heterocycles. The molecule has 4 saturated carbocycles. The highest BCUT2D eigenvalue weighted by Gasteiger charge is 2.51. The van der Waals surface area contributed by atoms with Crippen LogP contribution in [0.25, 0.3) is 0 Å². The third-order valence-electron chi connectivity index (χ3n) is 8.03. The van der Waals surface area contributed by atoms with E-state index in [-0.39, 0.29) is 5.54 Å². The number of hydrogen-bond donors (Lipinski definition) is 2. The third-order valence-corrected chi connectivity index (χ3v) is 8.03. The Hall–Kier alpha value is -1.56. The Bertz CT molecular complexity index is 686. The van der Waals surface area contributed by atoms with E-state index in [0.717, 1.165) is 68.8 Å². The predicted molar refractivity (Wildman–Crippen MR) is 113 cm³/mol. The zero-order valence-electron chi connectivity index (χ0n) is 17.0. The maximum Gasteiger partial charge on any atom is 0.227 e. The van der Waals surface area contributed by atoms with Gasteiger partial charge >= 0.3 is 0 Å². The minimum atomic E-state index is 0.286. The normalized spacial score (nSPS) is 36.9. The van der Waals surface area contributed by atoms with Crippen molar-refractivity contribution in [3.63, 3.8) is 0 Å². The van der Waals surface area contributed by atoms with Gasteiger partial charge in [-0.25, -0.2) is 4.98 Å². The Balaban J connectivity index is 1.33. The second-order valence-corrected chi connectivity index (χ2v) is 10.2. The Morgan fingerprint density at radius 3 is 2.18 bits per heavy atom. The molecule has 6 heteroatoms. The summed E-state index contributed by atoms with van der Waals surface area (Å²) >= 11 is 0. The molecule has 4 aliphatic carbocycles. The number of piperazine rings is 1. The highest BCUT2D eigenvalue weighted by atomic mass is 15.3. The van der Waals surface area contributed by atoms with Crippen LogP contribution in [0.2, 0.25) is 0 Å². The van der Waals surface area contributed by atoms with Gasteiger partial charge < -0.3 is 20.4 Å². The van der Waals surface area contributed by atoms with Crippen LogP contribution in [0, 0.1) is 17.8 Å². The van der Waals surface area contributed by atoms with Gasteiger partial charge in [0.1, 0.15) is 0 Å². The monoisotopic (exact) mass is 382 g/mol. The quantitative estimate of drug-likeness (QED) is 0.835. The van der Waals surface area contributed by atoms with Crippen LogP contribution in [-0.2, 0) is 0 Å². The predicted octanol–water partition coefficient (Wildman–Crippen LogP) is 2.87. The van der Waals surface area contributed by atoms with E-state index in [1.807, 2.05) is 0 Å². The Kier molecular flexibility index (Phi) is 4.17. The molecule has 7 rings (SSSR count). The maximum absolute atomic E-state index is 5.15. The summed E-state index contributed by atoms with van der Waals surface area (Å²) in [7, 11) is 0. The lowest BCUT2D eigenvalue weighted by Gasteiger charge is -2.57. The second kappa shape index (κ2) is 6.75. The molecule has 4 bridgehead atoms. The summed E-state index contributed by atoms with van der Waals surface area (Å²) in [5.41, 5.74) is 1.51. The number of aromatic nitrogens is 2. The Morgan fingerprint density at radius 2 is 1.54 bits per heavy atom. The fourth-order valence-electron chi connectivity index (χ4n) is 7.18. The lowest BCUT2D eigenvalue weighted by Crippen LogP contribution is -2.55. The molecule has 1 aromatic heterocycles. The van der Waals surface area contributed by atoms with Crippen molar-refractivity contribution in [2.75, 3.05) is 54.4 Å². The zero-order chi connectivity index (χ0) is 18.6. The van der Waals surface area contributed by atoms with E-state index in [1.54, 1.807) is 0 Å². The first-order valence-corrected chi connectivity index (χ1v) is 11.6. The van der Waals surface area contributed by atoms with Crippen LogP contribution in [-0.4, -0.2) is 54.8 Å². The first kappa shape index (κ1) is 17.3. The van der Waals surface area contributed by atoms with Gasteiger partial charge in [-0.2, -0.15) is 4.98 Å². The number of anilines is 3. The highest BCUT2D eigenvalue weighted by molar-refractivity contribution is 5.68. The lowest BCUT2D eigenvalue weighted by atomic mass is 9.53. The molecule has 0 atom stereocenters. The van der Waals surface area contributed by atoms with Crippen molar-refractivity contribution in [1.29, 1.82) is 0 Å². The molecule has 3 heterocycles. The number of nitrogens with one attached hydrogen (secondary N) is 2. The summed E-state index contributed by atoms with van der Waals surface area (Å²) < 4.78 is 0. The summed E-state index contributed by atoms with van der Waals surface area (Å²) in [6, 6.07) is 0. The molecular weight excluding hydrogens is 348 g/mol. The number of rotatable bonds is 4. The van der Waals surface area contributed by atoms with Crippen molar-refractivity contribution in [3.8, 4) is 0 Å². The number of nitrogens with zero attached hydrogens (tertiary/aromatic N) is 4. The van der Waals surface area contributed by atoms with Gasteiger partial charge in [-0.1, -0.05) is 0 Å². The molecule has 2 saturated heterocycles. The van der Waals surface area contributed by atoms with Gasteiger partial charge in [0, 0.05) is 44.8 Å². The molecule has 0 amide bonds. The van der Waals surface area contributed by atoms with Crippen molar-refractivity contribution >= 4 is 17.5 Å². The van der Waals surface area contributed by atoms with Gasteiger partial charge in [0.2, 0.25) is 5.95 Å². The van der Waals surface area contributed by atoms with Gasteiger partial charge in [0.05, 0.1) is 11.9 Å². The van der Waals surface area contributed by atoms with Crippen LogP contribution in [0.3, 0.4) is 0 Å². The summed E-state index contributed by atoms with van der Waals surface area (Å²) in [5, 5.41) is 7.55. The first-order chi connectivity index (χ1) is 13.8. The van der Waals surface area contributed by atoms with Gasteiger partial charge in [-0.3, -0.25) is 0 Å². The fraction of sp³-hybridized carbons (Fsp3) is 0.818. The van der Waals surface area contributed by atoms with Crippen LogP contribution in [0.15, 0.2) is 6.20 Å². The van der Waals surface area contributed by atoms with E-state index in [1.165, 1.54) is 57.1 Å². The van der Waals surface area contributed by atoms with Gasteiger partial charge in [-0.05, 0) is 69.1 Å². The van der Waals surface area contributed by atoms with Crippen molar-refractivity contribution in [2.24, 2.45) is 17.8 Å². The van der Waals surface area contributed by atoms with Crippen LogP contribution >= 0.6 is 0 Å². The molecular formula is C22H34N6. The van der Waals surface area contributed by atoms with Crippen LogP contribution < -0.4 is 20.4 Å². The molecule has 2 N–H and O–H groups in total. The van der Waals surface area contributed by atoms with E-state index < -0.39 is 0 Å². The molecule has 6 aliphatic rings. The van der Waals surface area contributed by atoms with E-state index in [2.05, 4.69) is 26.6 Å². The van der Waals surface area contributed by atoms with Crippen molar-refractivity contribution in [3.05, 3.63) is 6.20 Å². The standard InChI is InChI=1S/C22H34N6/c1-2-6-28(5-1)21-24-15-19(27-7-3-23-4-8-27)20(25-21)26-22-12-16-9-17(13-22)11-18(10-16)14-22/h15-18,23H,1-14H2,(H,24,25,26). The molecule has 6 nitrogen and oxygen atoms in total. The lowest BCUT2D eigenvalue weighted by molar-refractivity contribution is 0.0105. The minimum absolute atomic E-state index is 0.286. The van der Waals surface area contributed by atoms with Crippen molar-refractivity contribution in [1.82, 2.24) is 15.3 Å². The van der Waals surface area contributed by atoms with Gasteiger partial charge in [0.25, 0.3) is 0 Å². The molecule has 0 unspecified atom stereocenters. The molecule has 0 aromatic carbocycles. The summed E-state index contributed by atoms with van der Waals surface area (Å²) in [4.78, 5) is 14.8. The van der Waals surface area contributed by atoms with Crippen LogP contribution in [0.1, 0.15) is 51.4 Å². The molecule has 0 radical (unpaired) electrons. The molecule has 28 heavy (non-hydrogen) atoms. The van der Waals surface area contributed by atoms with Crippen molar-refractivity contribution < 1.29 is 0 Å².